The van der Waals surface area contributed by atoms with Gasteiger partial charge in [0.25, 0.3) is 0 Å². The van der Waals surface area contributed by atoms with E-state index in [9.17, 15) is 13.2 Å². The summed E-state index contributed by atoms with van der Waals surface area (Å²) in [5, 5.41) is 0. The monoisotopic (exact) mass is 433 g/mol. The molecule has 0 bridgehead atoms. The lowest BCUT2D eigenvalue weighted by molar-refractivity contribution is -0.141. The molecule has 0 radical (unpaired) electrons. The first-order valence-corrected chi connectivity index (χ1v) is 12.7. The Morgan fingerprint density at radius 3 is 2.23 bits per heavy atom. The molecule has 3 fully saturated rings. The molecule has 3 aliphatic rings. The van der Waals surface area contributed by atoms with E-state index < -0.39 is 10.0 Å². The van der Waals surface area contributed by atoms with Crippen LogP contribution in [0.1, 0.15) is 40.0 Å². The number of hydrogen-bond acceptors (Lipinski definition) is 4. The summed E-state index contributed by atoms with van der Waals surface area (Å²) in [6, 6.07) is 8.71. The minimum absolute atomic E-state index is 0.119. The van der Waals surface area contributed by atoms with Gasteiger partial charge in [0, 0.05) is 51.2 Å². The van der Waals surface area contributed by atoms with Crippen molar-refractivity contribution in [2.45, 2.75) is 44.9 Å². The Morgan fingerprint density at radius 2 is 1.67 bits per heavy atom. The molecule has 1 atom stereocenters. The van der Waals surface area contributed by atoms with E-state index in [0.29, 0.717) is 29.8 Å². The minimum Gasteiger partial charge on any atom is -0.342 e. The van der Waals surface area contributed by atoms with Crippen LogP contribution in [0.2, 0.25) is 0 Å². The lowest BCUT2D eigenvalue weighted by atomic mass is 9.60. The largest absolute Gasteiger partial charge is 0.342 e. The maximum atomic E-state index is 13.5. The van der Waals surface area contributed by atoms with Crippen molar-refractivity contribution < 1.29 is 13.2 Å². The van der Waals surface area contributed by atoms with Crippen molar-refractivity contribution in [1.82, 2.24) is 14.1 Å². The topological polar surface area (TPSA) is 60.9 Å². The van der Waals surface area contributed by atoms with E-state index in [0.717, 1.165) is 52.0 Å². The van der Waals surface area contributed by atoms with Gasteiger partial charge < -0.3 is 9.80 Å². The van der Waals surface area contributed by atoms with Gasteiger partial charge >= 0.3 is 0 Å². The van der Waals surface area contributed by atoms with Crippen LogP contribution in [-0.2, 0) is 14.8 Å². The maximum Gasteiger partial charge on any atom is 0.243 e. The highest BCUT2D eigenvalue weighted by Crippen LogP contribution is 2.58. The predicted molar refractivity (Wildman–Crippen MR) is 117 cm³/mol. The molecule has 3 saturated heterocycles. The number of nitrogens with zero attached hydrogens (tertiary/aromatic N) is 3. The molecule has 1 aromatic carbocycles. The molecule has 1 amide bonds. The highest BCUT2D eigenvalue weighted by Gasteiger charge is 2.65. The smallest absolute Gasteiger partial charge is 0.243 e. The third-order valence-corrected chi connectivity index (χ3v) is 9.52. The highest BCUT2D eigenvalue weighted by molar-refractivity contribution is 7.89. The molecule has 30 heavy (non-hydrogen) atoms. The number of benzene rings is 1. The highest BCUT2D eigenvalue weighted by atomic mass is 32.2. The first-order chi connectivity index (χ1) is 14.2. The average molecular weight is 434 g/mol. The van der Waals surface area contributed by atoms with Gasteiger partial charge in [0.05, 0.1) is 10.3 Å². The number of carbonyl (C=O) groups is 1. The van der Waals surface area contributed by atoms with Crippen LogP contribution in [0.25, 0.3) is 0 Å². The Kier molecular flexibility index (Phi) is 5.75. The zero-order valence-electron chi connectivity index (χ0n) is 18.5. The minimum atomic E-state index is -3.48. The van der Waals surface area contributed by atoms with Crippen LogP contribution in [0.4, 0.5) is 0 Å². The first kappa shape index (κ1) is 21.8. The van der Waals surface area contributed by atoms with Crippen LogP contribution in [0, 0.1) is 16.7 Å². The second-order valence-electron chi connectivity index (χ2n) is 9.78. The third kappa shape index (κ3) is 3.39. The Hall–Kier alpha value is -1.44. The molecule has 3 aliphatic heterocycles. The normalized spacial score (nSPS) is 27.7. The first-order valence-electron chi connectivity index (χ1n) is 11.3. The Balaban J connectivity index is 1.59. The van der Waals surface area contributed by atoms with Crippen molar-refractivity contribution in [1.29, 1.82) is 0 Å². The van der Waals surface area contributed by atoms with Crippen LogP contribution < -0.4 is 0 Å². The number of amides is 1. The third-order valence-electron chi connectivity index (χ3n) is 7.61. The van der Waals surface area contributed by atoms with Crippen LogP contribution in [-0.4, -0.2) is 74.2 Å². The zero-order valence-corrected chi connectivity index (χ0v) is 19.3. The number of carbonyl (C=O) groups excluding carboxylic acids is 1. The fourth-order valence-corrected chi connectivity index (χ4v) is 7.60. The fraction of sp³-hybridized carbons (Fsp3) is 0.696. The second-order valence-corrected chi connectivity index (χ2v) is 11.7. The molecule has 1 aromatic rings. The number of hydrogen-bond donors (Lipinski definition) is 0. The van der Waals surface area contributed by atoms with Gasteiger partial charge in [0.1, 0.15) is 0 Å². The molecule has 166 valence electrons. The fourth-order valence-electron chi connectivity index (χ4n) is 6.14. The van der Waals surface area contributed by atoms with Crippen LogP contribution in [0.3, 0.4) is 0 Å². The number of sulfonamides is 1. The standard InChI is InChI=1S/C23H35N3O3S/c1-4-25-13-12-23(21(25)27)18-24(16-19(2)3)17-22(23)10-14-26(15-11-22)30(28,29)20-8-6-5-7-9-20/h5-9,19H,4,10-18H2,1-3H3. The molecule has 7 heteroatoms. The molecular formula is C23H35N3O3S. The van der Waals surface area contributed by atoms with Gasteiger partial charge in [-0.1, -0.05) is 32.0 Å². The van der Waals surface area contributed by atoms with E-state index in [-0.39, 0.29) is 10.8 Å². The van der Waals surface area contributed by atoms with Gasteiger partial charge in [-0.05, 0) is 44.2 Å². The van der Waals surface area contributed by atoms with Gasteiger partial charge in [-0.15, -0.1) is 0 Å². The maximum absolute atomic E-state index is 13.5. The molecule has 2 spiro atoms. The molecule has 6 nitrogen and oxygen atoms in total. The van der Waals surface area contributed by atoms with Crippen molar-refractivity contribution >= 4 is 15.9 Å². The average Bonchev–Trinajstić information content (AvgIpc) is 3.20. The van der Waals surface area contributed by atoms with Crippen molar-refractivity contribution in [2.24, 2.45) is 16.7 Å². The lowest BCUT2D eigenvalue weighted by Crippen LogP contribution is -2.53. The Labute approximate surface area is 181 Å². The Morgan fingerprint density at radius 1 is 1.00 bits per heavy atom. The van der Waals surface area contributed by atoms with Crippen molar-refractivity contribution in [3.05, 3.63) is 30.3 Å². The number of fused-ring (bicyclic) bond motifs is 1. The van der Waals surface area contributed by atoms with Crippen molar-refractivity contribution in [2.75, 3.05) is 45.8 Å². The van der Waals surface area contributed by atoms with Crippen molar-refractivity contribution in [3.63, 3.8) is 0 Å². The van der Waals surface area contributed by atoms with Gasteiger partial charge in [-0.3, -0.25) is 4.79 Å². The molecule has 3 heterocycles. The molecule has 4 rings (SSSR count). The van der Waals surface area contributed by atoms with Crippen LogP contribution >= 0.6 is 0 Å². The predicted octanol–water partition coefficient (Wildman–Crippen LogP) is 2.67. The summed E-state index contributed by atoms with van der Waals surface area (Å²) in [6.07, 6.45) is 2.42. The van der Waals surface area contributed by atoms with E-state index in [4.69, 9.17) is 0 Å². The van der Waals surface area contributed by atoms with Crippen LogP contribution in [0.5, 0.6) is 0 Å². The van der Waals surface area contributed by atoms with E-state index in [1.807, 2.05) is 11.0 Å². The summed E-state index contributed by atoms with van der Waals surface area (Å²) in [5.41, 5.74) is -0.466. The lowest BCUT2D eigenvalue weighted by Gasteiger charge is -2.46. The molecule has 1 unspecified atom stereocenters. The SMILES string of the molecule is CCN1CCC2(CN(CC(C)C)CC23CCN(S(=O)(=O)c2ccccc2)CC3)C1=O. The molecule has 0 aliphatic carbocycles. The number of piperidine rings is 1. The van der Waals surface area contributed by atoms with Gasteiger partial charge in [0.2, 0.25) is 15.9 Å². The summed E-state index contributed by atoms with van der Waals surface area (Å²) >= 11 is 0. The number of rotatable bonds is 5. The zero-order chi connectivity index (χ0) is 21.6. The van der Waals surface area contributed by atoms with E-state index in [1.54, 1.807) is 28.6 Å². The van der Waals surface area contributed by atoms with E-state index in [1.165, 1.54) is 0 Å². The van der Waals surface area contributed by atoms with Gasteiger partial charge in [0.15, 0.2) is 0 Å². The quantitative estimate of drug-likeness (QED) is 0.716. The van der Waals surface area contributed by atoms with Gasteiger partial charge in [-0.25, -0.2) is 8.42 Å². The van der Waals surface area contributed by atoms with Crippen molar-refractivity contribution in [3.8, 4) is 0 Å². The van der Waals surface area contributed by atoms with E-state index in [2.05, 4.69) is 25.7 Å². The summed E-state index contributed by atoms with van der Waals surface area (Å²) < 4.78 is 27.9. The summed E-state index contributed by atoms with van der Waals surface area (Å²) in [7, 11) is -3.48. The molecular weight excluding hydrogens is 398 g/mol. The molecule has 0 aromatic heterocycles. The summed E-state index contributed by atoms with van der Waals surface area (Å²) in [4.78, 5) is 18.4. The molecule has 0 N–H and O–H groups in total. The number of likely N-dealkylation sites (tertiary alicyclic amines) is 2. The molecule has 0 saturated carbocycles. The van der Waals surface area contributed by atoms with E-state index >= 15 is 0 Å². The summed E-state index contributed by atoms with van der Waals surface area (Å²) in [6.45, 7) is 11.8. The second kappa shape index (κ2) is 7.92. The van der Waals surface area contributed by atoms with Crippen LogP contribution in [0.15, 0.2) is 35.2 Å². The summed E-state index contributed by atoms with van der Waals surface area (Å²) in [5.74, 6) is 0.852. The van der Waals surface area contributed by atoms with Gasteiger partial charge in [-0.2, -0.15) is 4.31 Å². The Bertz CT molecular complexity index is 878.